The highest BCUT2D eigenvalue weighted by Crippen LogP contribution is 2.33. The highest BCUT2D eigenvalue weighted by Gasteiger charge is 2.11. The van der Waals surface area contributed by atoms with Crippen LogP contribution in [0.5, 0.6) is 0 Å². The molecule has 0 radical (unpaired) electrons. The second-order valence-corrected chi connectivity index (χ2v) is 5.53. The minimum Gasteiger partial charge on any atom is -0.398 e. The molecule has 0 aliphatic rings. The third-order valence-corrected chi connectivity index (χ3v) is 3.65. The molecule has 0 aliphatic carbocycles. The van der Waals surface area contributed by atoms with E-state index in [1.54, 1.807) is 6.08 Å². The van der Waals surface area contributed by atoms with E-state index in [2.05, 4.69) is 50.8 Å². The first kappa shape index (κ1) is 15.1. The first-order valence-corrected chi connectivity index (χ1v) is 7.38. The van der Waals surface area contributed by atoms with Gasteiger partial charge in [-0.3, -0.25) is 0 Å². The lowest BCUT2D eigenvalue weighted by Crippen LogP contribution is -2.00. The van der Waals surface area contributed by atoms with Crippen LogP contribution in [0.1, 0.15) is 30.9 Å². The van der Waals surface area contributed by atoms with Crippen molar-refractivity contribution in [3.05, 3.63) is 78.4 Å². The van der Waals surface area contributed by atoms with Crippen LogP contribution in [0, 0.1) is 0 Å². The summed E-state index contributed by atoms with van der Waals surface area (Å²) < 4.78 is 0. The molecule has 0 amide bonds. The second kappa shape index (κ2) is 6.94. The van der Waals surface area contributed by atoms with E-state index in [0.29, 0.717) is 5.92 Å². The topological polar surface area (TPSA) is 26.0 Å². The molecule has 0 spiro atoms. The van der Waals surface area contributed by atoms with Crippen LogP contribution in [0.25, 0.3) is 11.1 Å². The molecule has 0 heterocycles. The van der Waals surface area contributed by atoms with E-state index in [-0.39, 0.29) is 0 Å². The van der Waals surface area contributed by atoms with Crippen molar-refractivity contribution in [2.45, 2.75) is 26.2 Å². The van der Waals surface area contributed by atoms with Crippen LogP contribution in [0.15, 0.2) is 67.3 Å². The number of hydrogen-bond donors (Lipinski definition) is 1. The second-order valence-electron chi connectivity index (χ2n) is 5.53. The molecule has 1 heteroatoms. The van der Waals surface area contributed by atoms with E-state index < -0.39 is 0 Å². The van der Waals surface area contributed by atoms with Gasteiger partial charge >= 0.3 is 0 Å². The molecule has 0 aliphatic heterocycles. The van der Waals surface area contributed by atoms with Crippen LogP contribution in [0.3, 0.4) is 0 Å². The quantitative estimate of drug-likeness (QED) is 0.579. The van der Waals surface area contributed by atoms with Crippen molar-refractivity contribution in [1.29, 1.82) is 0 Å². The summed E-state index contributed by atoms with van der Waals surface area (Å²) in [6.07, 6.45) is 6.68. The minimum atomic E-state index is 0.482. The fourth-order valence-electron chi connectivity index (χ4n) is 2.39. The van der Waals surface area contributed by atoms with Gasteiger partial charge in [-0.1, -0.05) is 75.1 Å². The molecule has 2 aromatic rings. The van der Waals surface area contributed by atoms with Crippen molar-refractivity contribution in [3.63, 3.8) is 0 Å². The Kier molecular flexibility index (Phi) is 4.99. The fourth-order valence-corrected chi connectivity index (χ4v) is 2.39. The molecule has 0 fully saturated rings. The molecule has 108 valence electrons. The lowest BCUT2D eigenvalue weighted by Gasteiger charge is -2.15. The summed E-state index contributed by atoms with van der Waals surface area (Å²) in [5.41, 5.74) is 12.1. The number of nitrogens with two attached hydrogens (primary N) is 1. The molecule has 21 heavy (non-hydrogen) atoms. The Morgan fingerprint density at radius 2 is 1.86 bits per heavy atom. The largest absolute Gasteiger partial charge is 0.398 e. The number of hydrogen-bond acceptors (Lipinski definition) is 1. The lowest BCUT2D eigenvalue weighted by atomic mass is 9.91. The molecular formula is C20H23N. The Labute approximate surface area is 127 Å². The predicted octanol–water partition coefficient (Wildman–Crippen LogP) is 5.34. The van der Waals surface area contributed by atoms with Gasteiger partial charge in [-0.05, 0) is 35.1 Å². The molecule has 0 aromatic heterocycles. The summed E-state index contributed by atoms with van der Waals surface area (Å²) in [4.78, 5) is 0. The molecule has 0 saturated heterocycles. The van der Waals surface area contributed by atoms with Gasteiger partial charge in [-0.2, -0.15) is 0 Å². The van der Waals surface area contributed by atoms with Crippen molar-refractivity contribution >= 4 is 5.69 Å². The summed E-state index contributed by atoms with van der Waals surface area (Å²) in [6, 6.07) is 14.8. The highest BCUT2D eigenvalue weighted by atomic mass is 14.6. The van der Waals surface area contributed by atoms with Crippen LogP contribution in [0.2, 0.25) is 0 Å². The van der Waals surface area contributed by atoms with E-state index in [1.165, 1.54) is 16.7 Å². The maximum Gasteiger partial charge on any atom is 0.0429 e. The number of anilines is 1. The zero-order valence-corrected chi connectivity index (χ0v) is 12.8. The van der Waals surface area contributed by atoms with Crippen LogP contribution in [-0.4, -0.2) is 0 Å². The molecule has 2 aromatic carbocycles. The van der Waals surface area contributed by atoms with Gasteiger partial charge in [0.2, 0.25) is 0 Å². The Hall–Kier alpha value is -2.28. The lowest BCUT2D eigenvalue weighted by molar-refractivity contribution is 0.864. The molecule has 2 N–H and O–H groups in total. The first-order valence-electron chi connectivity index (χ1n) is 7.38. The standard InChI is InChI=1S/C20H23N/c1-4-5-7-12-17-13-18(15(2)3)14-19(20(17)21)16-10-8-6-9-11-16/h4-11,13-15H,1,12,21H2,2-3H3/b7-5+. The van der Waals surface area contributed by atoms with Crippen LogP contribution in [-0.2, 0) is 6.42 Å². The van der Waals surface area contributed by atoms with E-state index >= 15 is 0 Å². The molecule has 0 saturated carbocycles. The van der Waals surface area contributed by atoms with Crippen molar-refractivity contribution in [2.24, 2.45) is 0 Å². The number of allylic oxidation sites excluding steroid dienone is 3. The summed E-state index contributed by atoms with van der Waals surface area (Å²) in [7, 11) is 0. The Morgan fingerprint density at radius 1 is 1.14 bits per heavy atom. The normalized spacial score (nSPS) is 11.2. The van der Waals surface area contributed by atoms with Crippen LogP contribution < -0.4 is 5.73 Å². The Bertz CT molecular complexity index is 636. The number of nitrogen functional groups attached to an aromatic ring is 1. The molecule has 0 bridgehead atoms. The highest BCUT2D eigenvalue weighted by molar-refractivity contribution is 5.79. The summed E-state index contributed by atoms with van der Waals surface area (Å²) in [5, 5.41) is 0. The van der Waals surface area contributed by atoms with E-state index in [9.17, 15) is 0 Å². The van der Waals surface area contributed by atoms with Crippen LogP contribution >= 0.6 is 0 Å². The molecule has 0 unspecified atom stereocenters. The van der Waals surface area contributed by atoms with E-state index in [4.69, 9.17) is 5.73 Å². The molecule has 2 rings (SSSR count). The van der Waals surface area contributed by atoms with Gasteiger partial charge in [-0.25, -0.2) is 0 Å². The van der Waals surface area contributed by atoms with Crippen LogP contribution in [0.4, 0.5) is 5.69 Å². The smallest absolute Gasteiger partial charge is 0.0429 e. The van der Waals surface area contributed by atoms with Gasteiger partial charge in [0, 0.05) is 11.3 Å². The maximum absolute atomic E-state index is 6.41. The van der Waals surface area contributed by atoms with Gasteiger partial charge < -0.3 is 5.73 Å². The predicted molar refractivity (Wildman–Crippen MR) is 93.4 cm³/mol. The van der Waals surface area contributed by atoms with Crippen molar-refractivity contribution < 1.29 is 0 Å². The monoisotopic (exact) mass is 277 g/mol. The molecular weight excluding hydrogens is 254 g/mol. The Balaban J connectivity index is 2.53. The van der Waals surface area contributed by atoms with Crippen molar-refractivity contribution in [2.75, 3.05) is 5.73 Å². The van der Waals surface area contributed by atoms with Gasteiger partial charge in [0.1, 0.15) is 0 Å². The van der Waals surface area contributed by atoms with Crippen molar-refractivity contribution in [1.82, 2.24) is 0 Å². The number of benzene rings is 2. The maximum atomic E-state index is 6.41. The van der Waals surface area contributed by atoms with Gasteiger partial charge in [0.15, 0.2) is 0 Å². The Morgan fingerprint density at radius 3 is 2.48 bits per heavy atom. The molecule has 1 nitrogen and oxygen atoms in total. The van der Waals surface area contributed by atoms with E-state index in [1.807, 2.05) is 24.3 Å². The van der Waals surface area contributed by atoms with E-state index in [0.717, 1.165) is 17.7 Å². The molecule has 0 atom stereocenters. The third-order valence-electron chi connectivity index (χ3n) is 3.65. The average molecular weight is 277 g/mol. The SMILES string of the molecule is C=C/C=C/Cc1cc(C(C)C)cc(-c2ccccc2)c1N. The minimum absolute atomic E-state index is 0.482. The summed E-state index contributed by atoms with van der Waals surface area (Å²) >= 11 is 0. The van der Waals surface area contributed by atoms with Gasteiger partial charge in [0.25, 0.3) is 0 Å². The zero-order valence-electron chi connectivity index (χ0n) is 12.8. The summed E-state index contributed by atoms with van der Waals surface area (Å²) in [6.45, 7) is 8.13. The van der Waals surface area contributed by atoms with Crippen molar-refractivity contribution in [3.8, 4) is 11.1 Å². The first-order chi connectivity index (χ1) is 10.1. The number of rotatable bonds is 5. The third kappa shape index (κ3) is 3.63. The summed E-state index contributed by atoms with van der Waals surface area (Å²) in [5.74, 6) is 0.482. The fraction of sp³-hybridized carbons (Fsp3) is 0.200. The average Bonchev–Trinajstić information content (AvgIpc) is 2.50. The van der Waals surface area contributed by atoms with Gasteiger partial charge in [0.05, 0.1) is 0 Å². The zero-order chi connectivity index (χ0) is 15.2. The van der Waals surface area contributed by atoms with Gasteiger partial charge in [-0.15, -0.1) is 0 Å².